The first kappa shape index (κ1) is 19.9. The number of hydrogen-bond acceptors (Lipinski definition) is 3. The molecule has 0 radical (unpaired) electrons. The fraction of sp³-hybridized carbons (Fsp3) is 0.636. The standard InChI is InChI=1S/C22H33N3O2/c1-17(19-10-7-11-23-16-19)14-21(26)24-20(15-18-8-3-2-4-9-18)22(27)25-12-5-6-13-25/h2-4,8-9,17,19-20,23H,5-7,10-16H2,1H3,(H,24,26). The van der Waals surface area contributed by atoms with E-state index in [2.05, 4.69) is 17.6 Å². The van der Waals surface area contributed by atoms with Crippen LogP contribution in [0.2, 0.25) is 0 Å². The molecule has 3 unspecified atom stereocenters. The van der Waals surface area contributed by atoms with Crippen LogP contribution in [0.15, 0.2) is 30.3 Å². The Kier molecular flexibility index (Phi) is 7.27. The molecule has 3 atom stereocenters. The van der Waals surface area contributed by atoms with Gasteiger partial charge in [-0.2, -0.15) is 0 Å². The zero-order chi connectivity index (χ0) is 19.1. The molecule has 0 aromatic heterocycles. The van der Waals surface area contributed by atoms with Crippen LogP contribution in [0, 0.1) is 11.8 Å². The van der Waals surface area contributed by atoms with Crippen LogP contribution in [0.25, 0.3) is 0 Å². The van der Waals surface area contributed by atoms with E-state index in [-0.39, 0.29) is 11.8 Å². The lowest BCUT2D eigenvalue weighted by Gasteiger charge is -2.29. The molecule has 2 fully saturated rings. The summed E-state index contributed by atoms with van der Waals surface area (Å²) in [4.78, 5) is 27.6. The summed E-state index contributed by atoms with van der Waals surface area (Å²) in [6.45, 7) is 5.85. The van der Waals surface area contributed by atoms with Crippen LogP contribution >= 0.6 is 0 Å². The Labute approximate surface area is 162 Å². The first-order valence-corrected chi connectivity index (χ1v) is 10.5. The third-order valence-electron chi connectivity index (χ3n) is 5.98. The fourth-order valence-electron chi connectivity index (χ4n) is 4.28. The summed E-state index contributed by atoms with van der Waals surface area (Å²) in [7, 11) is 0. The van der Waals surface area contributed by atoms with Crippen LogP contribution in [-0.4, -0.2) is 48.9 Å². The van der Waals surface area contributed by atoms with E-state index < -0.39 is 6.04 Å². The van der Waals surface area contributed by atoms with E-state index >= 15 is 0 Å². The lowest BCUT2D eigenvalue weighted by atomic mass is 9.85. The fourth-order valence-corrected chi connectivity index (χ4v) is 4.28. The van der Waals surface area contributed by atoms with Gasteiger partial charge >= 0.3 is 0 Å². The van der Waals surface area contributed by atoms with E-state index in [0.717, 1.165) is 44.6 Å². The third-order valence-corrected chi connectivity index (χ3v) is 5.98. The number of carbonyl (C=O) groups excluding carboxylic acids is 2. The van der Waals surface area contributed by atoms with Crippen molar-refractivity contribution >= 4 is 11.8 Å². The van der Waals surface area contributed by atoms with Gasteiger partial charge in [-0.15, -0.1) is 0 Å². The molecule has 0 saturated carbocycles. The minimum atomic E-state index is -0.463. The maximum absolute atomic E-state index is 13.0. The van der Waals surface area contributed by atoms with Crippen molar-refractivity contribution in [3.63, 3.8) is 0 Å². The molecule has 2 heterocycles. The van der Waals surface area contributed by atoms with Crippen molar-refractivity contribution in [3.05, 3.63) is 35.9 Å². The molecule has 2 amide bonds. The molecule has 0 spiro atoms. The number of hydrogen-bond donors (Lipinski definition) is 2. The smallest absolute Gasteiger partial charge is 0.245 e. The van der Waals surface area contributed by atoms with E-state index in [1.807, 2.05) is 35.2 Å². The molecule has 0 bridgehead atoms. The summed E-state index contributed by atoms with van der Waals surface area (Å²) in [5.41, 5.74) is 1.08. The zero-order valence-electron chi connectivity index (χ0n) is 16.5. The van der Waals surface area contributed by atoms with Crippen molar-refractivity contribution < 1.29 is 9.59 Å². The van der Waals surface area contributed by atoms with Gasteiger partial charge in [0.1, 0.15) is 6.04 Å². The average Bonchev–Trinajstić information content (AvgIpc) is 3.23. The van der Waals surface area contributed by atoms with Crippen molar-refractivity contribution in [2.24, 2.45) is 11.8 Å². The molecule has 27 heavy (non-hydrogen) atoms. The summed E-state index contributed by atoms with van der Waals surface area (Å²) in [5, 5.41) is 6.49. The Bertz CT molecular complexity index is 607. The number of nitrogens with zero attached hydrogens (tertiary/aromatic N) is 1. The molecule has 5 nitrogen and oxygen atoms in total. The first-order chi connectivity index (χ1) is 13.1. The topological polar surface area (TPSA) is 61.4 Å². The molecule has 2 N–H and O–H groups in total. The molecule has 2 aliphatic heterocycles. The largest absolute Gasteiger partial charge is 0.344 e. The first-order valence-electron chi connectivity index (χ1n) is 10.5. The van der Waals surface area contributed by atoms with Gasteiger partial charge in [0.2, 0.25) is 11.8 Å². The lowest BCUT2D eigenvalue weighted by molar-refractivity contribution is -0.135. The van der Waals surface area contributed by atoms with Gasteiger partial charge in [-0.05, 0) is 56.2 Å². The van der Waals surface area contributed by atoms with Gasteiger partial charge in [-0.3, -0.25) is 9.59 Å². The van der Waals surface area contributed by atoms with Gasteiger partial charge < -0.3 is 15.5 Å². The second kappa shape index (κ2) is 9.88. The van der Waals surface area contributed by atoms with Gasteiger partial charge in [-0.1, -0.05) is 37.3 Å². The summed E-state index contributed by atoms with van der Waals surface area (Å²) in [6.07, 6.45) is 5.53. The van der Waals surface area contributed by atoms with Crippen LogP contribution in [-0.2, 0) is 16.0 Å². The minimum absolute atomic E-state index is 0.00144. The number of rotatable bonds is 7. The summed E-state index contributed by atoms with van der Waals surface area (Å²) in [5.74, 6) is 0.946. The van der Waals surface area contributed by atoms with Gasteiger partial charge in [-0.25, -0.2) is 0 Å². The minimum Gasteiger partial charge on any atom is -0.344 e. The summed E-state index contributed by atoms with van der Waals surface area (Å²) < 4.78 is 0. The molecular formula is C22H33N3O2. The lowest BCUT2D eigenvalue weighted by Crippen LogP contribution is -2.49. The van der Waals surface area contributed by atoms with E-state index in [1.165, 1.54) is 12.8 Å². The monoisotopic (exact) mass is 371 g/mol. The van der Waals surface area contributed by atoms with E-state index in [1.54, 1.807) is 0 Å². The maximum atomic E-state index is 13.0. The van der Waals surface area contributed by atoms with Crippen molar-refractivity contribution in [1.82, 2.24) is 15.5 Å². The number of nitrogens with one attached hydrogen (secondary N) is 2. The highest BCUT2D eigenvalue weighted by Gasteiger charge is 2.29. The van der Waals surface area contributed by atoms with Crippen molar-refractivity contribution in [2.45, 2.75) is 51.5 Å². The normalized spacial score (nSPS) is 22.3. The Morgan fingerprint density at radius 1 is 1.19 bits per heavy atom. The Hall–Kier alpha value is -1.88. The molecular weight excluding hydrogens is 338 g/mol. The Morgan fingerprint density at radius 3 is 2.59 bits per heavy atom. The molecule has 3 rings (SSSR count). The number of piperidine rings is 1. The Morgan fingerprint density at radius 2 is 1.93 bits per heavy atom. The van der Waals surface area contributed by atoms with Crippen molar-refractivity contribution in [3.8, 4) is 0 Å². The van der Waals surface area contributed by atoms with Crippen LogP contribution < -0.4 is 10.6 Å². The average molecular weight is 372 g/mol. The molecule has 2 aliphatic rings. The second-order valence-corrected chi connectivity index (χ2v) is 8.13. The molecule has 1 aromatic carbocycles. The highest BCUT2D eigenvalue weighted by Crippen LogP contribution is 2.22. The SMILES string of the molecule is CC(CC(=O)NC(Cc1ccccc1)C(=O)N1CCCC1)C1CCCNC1. The number of benzene rings is 1. The predicted octanol–water partition coefficient (Wildman–Crippen LogP) is 2.36. The van der Waals surface area contributed by atoms with Crippen molar-refractivity contribution in [2.75, 3.05) is 26.2 Å². The van der Waals surface area contributed by atoms with E-state index in [0.29, 0.717) is 24.7 Å². The van der Waals surface area contributed by atoms with Crippen LogP contribution in [0.5, 0.6) is 0 Å². The van der Waals surface area contributed by atoms with E-state index in [4.69, 9.17) is 0 Å². The van der Waals surface area contributed by atoms with Crippen LogP contribution in [0.3, 0.4) is 0 Å². The zero-order valence-corrected chi connectivity index (χ0v) is 16.5. The Balaban J connectivity index is 1.60. The maximum Gasteiger partial charge on any atom is 0.245 e. The molecule has 0 aliphatic carbocycles. The van der Waals surface area contributed by atoms with E-state index in [9.17, 15) is 9.59 Å². The number of carbonyl (C=O) groups is 2. The molecule has 5 heteroatoms. The highest BCUT2D eigenvalue weighted by atomic mass is 16.2. The third kappa shape index (κ3) is 5.80. The molecule has 148 valence electrons. The predicted molar refractivity (Wildman–Crippen MR) is 107 cm³/mol. The van der Waals surface area contributed by atoms with Crippen LogP contribution in [0.1, 0.15) is 44.6 Å². The second-order valence-electron chi connectivity index (χ2n) is 8.13. The summed E-state index contributed by atoms with van der Waals surface area (Å²) >= 11 is 0. The quantitative estimate of drug-likeness (QED) is 0.773. The highest BCUT2D eigenvalue weighted by molar-refractivity contribution is 5.88. The van der Waals surface area contributed by atoms with Crippen molar-refractivity contribution in [1.29, 1.82) is 0 Å². The van der Waals surface area contributed by atoms with Gasteiger partial charge in [0.05, 0.1) is 0 Å². The van der Waals surface area contributed by atoms with Gasteiger partial charge in [0, 0.05) is 25.9 Å². The van der Waals surface area contributed by atoms with Gasteiger partial charge in [0.25, 0.3) is 0 Å². The van der Waals surface area contributed by atoms with Crippen LogP contribution in [0.4, 0.5) is 0 Å². The number of amides is 2. The molecule has 1 aromatic rings. The van der Waals surface area contributed by atoms with Gasteiger partial charge in [0.15, 0.2) is 0 Å². The number of likely N-dealkylation sites (tertiary alicyclic amines) is 1. The molecule has 2 saturated heterocycles. The summed E-state index contributed by atoms with van der Waals surface area (Å²) in [6, 6.07) is 9.51.